The van der Waals surface area contributed by atoms with Crippen LogP contribution in [0, 0.1) is 0 Å². The van der Waals surface area contributed by atoms with Gasteiger partial charge in [-0.05, 0) is 64.8 Å². The first-order chi connectivity index (χ1) is 9.90. The van der Waals surface area contributed by atoms with E-state index in [1.54, 1.807) is 18.2 Å². The molecule has 0 atom stereocenters. The minimum absolute atomic E-state index is 0.232. The third-order valence-electron chi connectivity index (χ3n) is 2.89. The van der Waals surface area contributed by atoms with Crippen molar-refractivity contribution in [2.75, 3.05) is 12.8 Å². The van der Waals surface area contributed by atoms with Gasteiger partial charge in [-0.2, -0.15) is 0 Å². The highest BCUT2D eigenvalue weighted by Crippen LogP contribution is 2.31. The van der Waals surface area contributed by atoms with Crippen LogP contribution >= 0.6 is 15.9 Å². The second-order valence-electron chi connectivity index (χ2n) is 4.65. The van der Waals surface area contributed by atoms with Crippen LogP contribution in [0.3, 0.4) is 0 Å². The van der Waals surface area contributed by atoms with Gasteiger partial charge in [-0.15, -0.1) is 0 Å². The summed E-state index contributed by atoms with van der Waals surface area (Å²) in [5.74, 6) is 1.10. The summed E-state index contributed by atoms with van der Waals surface area (Å²) in [5, 5.41) is 0. The van der Waals surface area contributed by atoms with E-state index in [1.165, 1.54) is 12.3 Å². The maximum atomic E-state index is 11.5. The summed E-state index contributed by atoms with van der Waals surface area (Å²) < 4.78 is 29.6. The van der Waals surface area contributed by atoms with Crippen LogP contribution < -0.4 is 10.5 Å². The largest absolute Gasteiger partial charge is 0.456 e. The predicted molar refractivity (Wildman–Crippen MR) is 86.5 cm³/mol. The normalized spacial score (nSPS) is 11.4. The second kappa shape index (κ2) is 6.60. The fraction of sp³-hybridized carbons (Fsp3) is 0.200. The predicted octanol–water partition coefficient (Wildman–Crippen LogP) is 3.15. The molecule has 0 radical (unpaired) electrons. The van der Waals surface area contributed by atoms with E-state index in [1.807, 2.05) is 18.2 Å². The van der Waals surface area contributed by atoms with Gasteiger partial charge in [0.25, 0.3) is 0 Å². The number of rotatable bonds is 5. The zero-order valence-electron chi connectivity index (χ0n) is 11.5. The van der Waals surface area contributed by atoms with Crippen molar-refractivity contribution in [2.24, 2.45) is 5.73 Å². The van der Waals surface area contributed by atoms with Gasteiger partial charge in [0.05, 0.1) is 9.37 Å². The van der Waals surface area contributed by atoms with Crippen LogP contribution in [-0.2, 0) is 16.3 Å². The maximum absolute atomic E-state index is 11.5. The SMILES string of the molecule is CS(=O)(=O)c1cccc(Oc2ccc(CCN)cc2Br)c1. The molecular formula is C15H16BrNO3S. The van der Waals surface area contributed by atoms with E-state index < -0.39 is 9.84 Å². The van der Waals surface area contributed by atoms with Gasteiger partial charge >= 0.3 is 0 Å². The summed E-state index contributed by atoms with van der Waals surface area (Å²) in [6.07, 6.45) is 1.96. The lowest BCUT2D eigenvalue weighted by atomic mass is 10.1. The first-order valence-corrected chi connectivity index (χ1v) is 9.05. The van der Waals surface area contributed by atoms with Crippen molar-refractivity contribution in [3.63, 3.8) is 0 Å². The fourth-order valence-electron chi connectivity index (χ4n) is 1.84. The van der Waals surface area contributed by atoms with Gasteiger partial charge in [-0.1, -0.05) is 12.1 Å². The molecule has 2 N–H and O–H groups in total. The minimum atomic E-state index is -3.25. The van der Waals surface area contributed by atoms with Gasteiger partial charge in [0.2, 0.25) is 0 Å². The van der Waals surface area contributed by atoms with Crippen molar-refractivity contribution in [1.29, 1.82) is 0 Å². The van der Waals surface area contributed by atoms with E-state index in [0.29, 0.717) is 18.0 Å². The van der Waals surface area contributed by atoms with Gasteiger partial charge in [0.15, 0.2) is 9.84 Å². The summed E-state index contributed by atoms with van der Waals surface area (Å²) in [6.45, 7) is 0.586. The Morgan fingerprint density at radius 1 is 1.19 bits per heavy atom. The molecular weight excluding hydrogens is 354 g/mol. The van der Waals surface area contributed by atoms with E-state index in [0.717, 1.165) is 16.5 Å². The molecule has 0 amide bonds. The van der Waals surface area contributed by atoms with Crippen molar-refractivity contribution >= 4 is 25.8 Å². The zero-order chi connectivity index (χ0) is 15.5. The molecule has 112 valence electrons. The lowest BCUT2D eigenvalue weighted by Crippen LogP contribution is -2.02. The highest BCUT2D eigenvalue weighted by atomic mass is 79.9. The minimum Gasteiger partial charge on any atom is -0.456 e. The summed E-state index contributed by atoms with van der Waals surface area (Å²) in [6, 6.07) is 12.1. The Labute approximate surface area is 133 Å². The molecule has 0 saturated heterocycles. The average Bonchev–Trinajstić information content (AvgIpc) is 2.42. The molecule has 0 bridgehead atoms. The Kier molecular flexibility index (Phi) is 5.03. The second-order valence-corrected chi connectivity index (χ2v) is 7.52. The molecule has 2 rings (SSSR count). The quantitative estimate of drug-likeness (QED) is 0.878. The molecule has 0 spiro atoms. The molecule has 0 aliphatic heterocycles. The summed E-state index contributed by atoms with van der Waals surface area (Å²) in [5.41, 5.74) is 6.64. The van der Waals surface area contributed by atoms with E-state index >= 15 is 0 Å². The molecule has 0 heterocycles. The maximum Gasteiger partial charge on any atom is 0.175 e. The topological polar surface area (TPSA) is 69.4 Å². The Morgan fingerprint density at radius 3 is 2.57 bits per heavy atom. The van der Waals surface area contributed by atoms with E-state index in [-0.39, 0.29) is 4.90 Å². The van der Waals surface area contributed by atoms with Crippen LogP contribution in [0.2, 0.25) is 0 Å². The van der Waals surface area contributed by atoms with E-state index in [9.17, 15) is 8.42 Å². The van der Waals surface area contributed by atoms with Gasteiger partial charge in [0.1, 0.15) is 11.5 Å². The van der Waals surface area contributed by atoms with Gasteiger partial charge in [-0.25, -0.2) is 8.42 Å². The highest BCUT2D eigenvalue weighted by Gasteiger charge is 2.09. The third kappa shape index (κ3) is 4.30. The number of sulfone groups is 1. The van der Waals surface area contributed by atoms with E-state index in [2.05, 4.69) is 15.9 Å². The summed E-state index contributed by atoms with van der Waals surface area (Å²) in [4.78, 5) is 0.232. The van der Waals surface area contributed by atoms with Crippen molar-refractivity contribution < 1.29 is 13.2 Å². The highest BCUT2D eigenvalue weighted by molar-refractivity contribution is 9.10. The first-order valence-electron chi connectivity index (χ1n) is 6.36. The monoisotopic (exact) mass is 369 g/mol. The lowest BCUT2D eigenvalue weighted by Gasteiger charge is -2.10. The third-order valence-corrected chi connectivity index (χ3v) is 4.62. The average molecular weight is 370 g/mol. The number of hydrogen-bond acceptors (Lipinski definition) is 4. The molecule has 6 heteroatoms. The first kappa shape index (κ1) is 16.0. The fourth-order valence-corrected chi connectivity index (χ4v) is 3.01. The molecule has 0 aliphatic carbocycles. The van der Waals surface area contributed by atoms with Crippen molar-refractivity contribution in [3.8, 4) is 11.5 Å². The van der Waals surface area contributed by atoms with Gasteiger partial charge in [-0.3, -0.25) is 0 Å². The van der Waals surface area contributed by atoms with Crippen molar-refractivity contribution in [1.82, 2.24) is 0 Å². The number of halogens is 1. The summed E-state index contributed by atoms with van der Waals surface area (Å²) >= 11 is 3.45. The van der Waals surface area contributed by atoms with Crippen LogP contribution in [0.1, 0.15) is 5.56 Å². The zero-order valence-corrected chi connectivity index (χ0v) is 13.9. The molecule has 2 aromatic rings. The molecule has 21 heavy (non-hydrogen) atoms. The van der Waals surface area contributed by atoms with Crippen LogP contribution in [0.4, 0.5) is 0 Å². The molecule has 0 saturated carbocycles. The Bertz CT molecular complexity index is 744. The van der Waals surface area contributed by atoms with Crippen molar-refractivity contribution in [2.45, 2.75) is 11.3 Å². The number of ether oxygens (including phenoxy) is 1. The molecule has 2 aromatic carbocycles. The van der Waals surface area contributed by atoms with Gasteiger partial charge in [0, 0.05) is 6.26 Å². The summed E-state index contributed by atoms with van der Waals surface area (Å²) in [7, 11) is -3.25. The van der Waals surface area contributed by atoms with Crippen LogP contribution in [0.15, 0.2) is 51.8 Å². The van der Waals surface area contributed by atoms with Crippen LogP contribution in [-0.4, -0.2) is 21.2 Å². The smallest absolute Gasteiger partial charge is 0.175 e. The Hall–Kier alpha value is -1.37. The standard InChI is InChI=1S/C15H16BrNO3S/c1-21(18,19)13-4-2-3-12(10-13)20-15-6-5-11(7-8-17)9-14(15)16/h2-6,9-10H,7-8,17H2,1H3. The number of hydrogen-bond donors (Lipinski definition) is 1. The van der Waals surface area contributed by atoms with E-state index in [4.69, 9.17) is 10.5 Å². The molecule has 0 unspecified atom stereocenters. The lowest BCUT2D eigenvalue weighted by molar-refractivity contribution is 0.477. The Balaban J connectivity index is 2.26. The number of benzene rings is 2. The van der Waals surface area contributed by atoms with Gasteiger partial charge < -0.3 is 10.5 Å². The van der Waals surface area contributed by atoms with Crippen molar-refractivity contribution in [3.05, 3.63) is 52.5 Å². The number of nitrogens with two attached hydrogens (primary N) is 1. The molecule has 0 aromatic heterocycles. The Morgan fingerprint density at radius 2 is 1.95 bits per heavy atom. The molecule has 4 nitrogen and oxygen atoms in total. The molecule has 0 aliphatic rings. The molecule has 0 fully saturated rings. The van der Waals surface area contributed by atoms with Crippen LogP contribution in [0.25, 0.3) is 0 Å². The van der Waals surface area contributed by atoms with Crippen LogP contribution in [0.5, 0.6) is 11.5 Å².